The van der Waals surface area contributed by atoms with Crippen molar-refractivity contribution in [2.45, 2.75) is 6.54 Å². The largest absolute Gasteiger partial charge is 0.386 e. The second-order valence-corrected chi connectivity index (χ2v) is 3.59. The summed E-state index contributed by atoms with van der Waals surface area (Å²) in [5.41, 5.74) is 1.28. The molecule has 0 bridgehead atoms. The lowest BCUT2D eigenvalue weighted by Gasteiger charge is -2.08. The Bertz CT molecular complexity index is 510. The number of amides is 1. The van der Waals surface area contributed by atoms with E-state index in [1.54, 1.807) is 42.6 Å². The van der Waals surface area contributed by atoms with Crippen LogP contribution in [0.5, 0.6) is 0 Å². The van der Waals surface area contributed by atoms with E-state index in [0.717, 1.165) is 0 Å². The standard InChI is InChI=1S/C11H14N6O/c1-12-10-8-13-3-2-9(10)11(18)14-4-6-17-7-5-15-16-17/h2-3,5,7-8,12H,4,6H2,1H3,(H,14,18). The van der Waals surface area contributed by atoms with Gasteiger partial charge in [0, 0.05) is 26.0 Å². The third-order valence-electron chi connectivity index (χ3n) is 2.43. The first kappa shape index (κ1) is 12.0. The van der Waals surface area contributed by atoms with Crippen LogP contribution in [0.3, 0.4) is 0 Å². The topological polar surface area (TPSA) is 84.7 Å². The van der Waals surface area contributed by atoms with E-state index in [-0.39, 0.29) is 5.91 Å². The quantitative estimate of drug-likeness (QED) is 0.784. The van der Waals surface area contributed by atoms with Crippen LogP contribution in [-0.2, 0) is 6.54 Å². The van der Waals surface area contributed by atoms with Crippen molar-refractivity contribution in [1.82, 2.24) is 25.3 Å². The first-order valence-corrected chi connectivity index (χ1v) is 5.55. The molecule has 0 atom stereocenters. The number of aromatic nitrogens is 4. The van der Waals surface area contributed by atoms with Gasteiger partial charge in [-0.3, -0.25) is 14.5 Å². The van der Waals surface area contributed by atoms with Crippen LogP contribution in [0.2, 0.25) is 0 Å². The number of hydrogen-bond donors (Lipinski definition) is 2. The van der Waals surface area contributed by atoms with Gasteiger partial charge in [0.15, 0.2) is 0 Å². The zero-order chi connectivity index (χ0) is 12.8. The summed E-state index contributed by atoms with van der Waals surface area (Å²) in [6, 6.07) is 1.68. The molecular formula is C11H14N6O. The Labute approximate surface area is 104 Å². The van der Waals surface area contributed by atoms with Gasteiger partial charge in [-0.25, -0.2) is 0 Å². The van der Waals surface area contributed by atoms with Crippen LogP contribution in [0.15, 0.2) is 30.9 Å². The molecule has 0 saturated carbocycles. The SMILES string of the molecule is CNc1cnccc1C(=O)NCCn1ccnn1. The van der Waals surface area contributed by atoms with Gasteiger partial charge in [0.25, 0.3) is 5.91 Å². The summed E-state index contributed by atoms with van der Waals surface area (Å²) in [7, 11) is 1.75. The highest BCUT2D eigenvalue weighted by Crippen LogP contribution is 2.11. The highest BCUT2D eigenvalue weighted by atomic mass is 16.1. The molecule has 94 valence electrons. The maximum atomic E-state index is 11.9. The minimum atomic E-state index is -0.137. The number of anilines is 1. The fraction of sp³-hybridized carbons (Fsp3) is 0.273. The van der Waals surface area contributed by atoms with Crippen molar-refractivity contribution in [3.05, 3.63) is 36.4 Å². The number of hydrogen-bond acceptors (Lipinski definition) is 5. The van der Waals surface area contributed by atoms with E-state index in [9.17, 15) is 4.79 Å². The van der Waals surface area contributed by atoms with E-state index in [2.05, 4.69) is 25.9 Å². The van der Waals surface area contributed by atoms with Crippen molar-refractivity contribution in [2.75, 3.05) is 18.9 Å². The fourth-order valence-electron chi connectivity index (χ4n) is 1.52. The van der Waals surface area contributed by atoms with Crippen molar-refractivity contribution in [3.8, 4) is 0 Å². The lowest BCUT2D eigenvalue weighted by molar-refractivity contribution is 0.0952. The Morgan fingerprint density at radius 3 is 3.06 bits per heavy atom. The summed E-state index contributed by atoms with van der Waals surface area (Å²) in [4.78, 5) is 15.9. The molecule has 7 heteroatoms. The van der Waals surface area contributed by atoms with Gasteiger partial charge >= 0.3 is 0 Å². The normalized spacial score (nSPS) is 10.1. The highest BCUT2D eigenvalue weighted by Gasteiger charge is 2.09. The third kappa shape index (κ3) is 2.82. The molecule has 0 unspecified atom stereocenters. The van der Waals surface area contributed by atoms with Gasteiger partial charge in [-0.15, -0.1) is 5.10 Å². The van der Waals surface area contributed by atoms with E-state index in [1.165, 1.54) is 0 Å². The zero-order valence-electron chi connectivity index (χ0n) is 10.00. The first-order chi connectivity index (χ1) is 8.81. The average molecular weight is 246 g/mol. The van der Waals surface area contributed by atoms with Gasteiger partial charge < -0.3 is 10.6 Å². The maximum Gasteiger partial charge on any atom is 0.253 e. The first-order valence-electron chi connectivity index (χ1n) is 5.55. The molecule has 0 spiro atoms. The summed E-state index contributed by atoms with van der Waals surface area (Å²) < 4.78 is 1.66. The van der Waals surface area contributed by atoms with Gasteiger partial charge in [-0.05, 0) is 6.07 Å². The Morgan fingerprint density at radius 1 is 1.44 bits per heavy atom. The van der Waals surface area contributed by atoms with Gasteiger partial charge in [0.1, 0.15) is 0 Å². The fourth-order valence-corrected chi connectivity index (χ4v) is 1.52. The number of pyridine rings is 1. The van der Waals surface area contributed by atoms with Gasteiger partial charge in [0.05, 0.1) is 30.2 Å². The second-order valence-electron chi connectivity index (χ2n) is 3.59. The molecule has 0 radical (unpaired) electrons. The predicted molar refractivity (Wildman–Crippen MR) is 66.1 cm³/mol. The molecule has 0 aliphatic rings. The molecule has 0 saturated heterocycles. The van der Waals surface area contributed by atoms with E-state index in [0.29, 0.717) is 24.3 Å². The third-order valence-corrected chi connectivity index (χ3v) is 2.43. The van der Waals surface area contributed by atoms with E-state index in [4.69, 9.17) is 0 Å². The van der Waals surface area contributed by atoms with Crippen LogP contribution in [0.4, 0.5) is 5.69 Å². The molecule has 2 heterocycles. The summed E-state index contributed by atoms with van der Waals surface area (Å²) >= 11 is 0. The van der Waals surface area contributed by atoms with Crippen molar-refractivity contribution in [1.29, 1.82) is 0 Å². The van der Waals surface area contributed by atoms with Gasteiger partial charge in [-0.2, -0.15) is 0 Å². The lowest BCUT2D eigenvalue weighted by atomic mass is 10.2. The average Bonchev–Trinajstić information content (AvgIpc) is 2.91. The zero-order valence-corrected chi connectivity index (χ0v) is 10.00. The van der Waals surface area contributed by atoms with E-state index in [1.807, 2.05) is 0 Å². The van der Waals surface area contributed by atoms with Gasteiger partial charge in [0.2, 0.25) is 0 Å². The Kier molecular flexibility index (Phi) is 3.85. The predicted octanol–water partition coefficient (Wildman–Crippen LogP) is 0.145. The van der Waals surface area contributed by atoms with Crippen molar-refractivity contribution in [3.63, 3.8) is 0 Å². The minimum Gasteiger partial charge on any atom is -0.386 e. The molecule has 1 amide bonds. The summed E-state index contributed by atoms with van der Waals surface area (Å²) in [5, 5.41) is 13.2. The molecule has 7 nitrogen and oxygen atoms in total. The van der Waals surface area contributed by atoms with Crippen LogP contribution in [0, 0.1) is 0 Å². The number of carbonyl (C=O) groups excluding carboxylic acids is 1. The summed E-state index contributed by atoms with van der Waals surface area (Å²) in [6.45, 7) is 1.08. The Morgan fingerprint density at radius 2 is 2.33 bits per heavy atom. The van der Waals surface area contributed by atoms with Gasteiger partial charge in [-0.1, -0.05) is 5.21 Å². The van der Waals surface area contributed by atoms with Crippen molar-refractivity contribution in [2.24, 2.45) is 0 Å². The monoisotopic (exact) mass is 246 g/mol. The second kappa shape index (κ2) is 5.76. The molecule has 0 fully saturated rings. The Balaban J connectivity index is 1.91. The van der Waals surface area contributed by atoms with Crippen molar-refractivity contribution >= 4 is 11.6 Å². The smallest absolute Gasteiger partial charge is 0.253 e. The van der Waals surface area contributed by atoms with Crippen LogP contribution in [0.1, 0.15) is 10.4 Å². The highest BCUT2D eigenvalue weighted by molar-refractivity contribution is 5.99. The molecule has 0 aromatic carbocycles. The number of nitrogens with one attached hydrogen (secondary N) is 2. The molecule has 0 aliphatic heterocycles. The van der Waals surface area contributed by atoms with E-state index < -0.39 is 0 Å². The molecular weight excluding hydrogens is 232 g/mol. The molecule has 2 aromatic rings. The number of carbonyl (C=O) groups is 1. The van der Waals surface area contributed by atoms with Crippen LogP contribution in [0.25, 0.3) is 0 Å². The van der Waals surface area contributed by atoms with Crippen LogP contribution >= 0.6 is 0 Å². The number of nitrogens with zero attached hydrogens (tertiary/aromatic N) is 4. The lowest BCUT2D eigenvalue weighted by Crippen LogP contribution is -2.28. The molecule has 2 aromatic heterocycles. The number of rotatable bonds is 5. The molecule has 2 N–H and O–H groups in total. The van der Waals surface area contributed by atoms with Crippen LogP contribution in [-0.4, -0.2) is 39.5 Å². The maximum absolute atomic E-state index is 11.9. The summed E-state index contributed by atoms with van der Waals surface area (Å²) in [6.07, 6.45) is 6.56. The van der Waals surface area contributed by atoms with Crippen molar-refractivity contribution < 1.29 is 4.79 Å². The molecule has 18 heavy (non-hydrogen) atoms. The minimum absolute atomic E-state index is 0.137. The van der Waals surface area contributed by atoms with E-state index >= 15 is 0 Å². The summed E-state index contributed by atoms with van der Waals surface area (Å²) in [5.74, 6) is -0.137. The molecule has 0 aliphatic carbocycles. The molecule has 2 rings (SSSR count). The van der Waals surface area contributed by atoms with Crippen LogP contribution < -0.4 is 10.6 Å². The Hall–Kier alpha value is -2.44.